The quantitative estimate of drug-likeness (QED) is 0.495. The van der Waals surface area contributed by atoms with E-state index in [-0.39, 0.29) is 5.57 Å². The van der Waals surface area contributed by atoms with E-state index >= 15 is 0 Å². The third kappa shape index (κ3) is 2.34. The Bertz CT molecular complexity index is 866. The lowest BCUT2D eigenvalue weighted by atomic mass is 10.1. The molecule has 6 heteroatoms. The van der Waals surface area contributed by atoms with Gasteiger partial charge in [0.05, 0.1) is 7.11 Å². The van der Waals surface area contributed by atoms with Crippen LogP contribution in [0.5, 0.6) is 0 Å². The Labute approximate surface area is 132 Å². The third-order valence-electron chi connectivity index (χ3n) is 3.37. The number of methoxy groups -OCH3 is 1. The van der Waals surface area contributed by atoms with E-state index in [0.29, 0.717) is 16.2 Å². The van der Waals surface area contributed by atoms with Crippen molar-refractivity contribution < 1.29 is 9.53 Å². The fraction of sp³-hybridized carbons (Fsp3) is 0.188. The van der Waals surface area contributed by atoms with Gasteiger partial charge in [-0.2, -0.15) is 10.5 Å². The van der Waals surface area contributed by atoms with Crippen LogP contribution in [-0.2, 0) is 16.6 Å². The zero-order chi connectivity index (χ0) is 16.3. The molecular weight excluding hydrogens is 298 g/mol. The first-order valence-electron chi connectivity index (χ1n) is 6.35. The number of carbonyl (C=O) groups is 1. The van der Waals surface area contributed by atoms with E-state index in [9.17, 15) is 15.3 Å². The van der Waals surface area contributed by atoms with Gasteiger partial charge in [0, 0.05) is 28.4 Å². The highest BCUT2D eigenvalue weighted by Gasteiger charge is 2.24. The molecule has 0 saturated carbocycles. The van der Waals surface area contributed by atoms with Crippen molar-refractivity contribution in [3.63, 3.8) is 0 Å². The molecule has 0 aliphatic heterocycles. The molecule has 0 saturated heterocycles. The fourth-order valence-electron chi connectivity index (χ4n) is 2.37. The van der Waals surface area contributed by atoms with Gasteiger partial charge >= 0.3 is 5.97 Å². The predicted octanol–water partition coefficient (Wildman–Crippen LogP) is 2.82. The minimum Gasteiger partial charge on any atom is -0.465 e. The van der Waals surface area contributed by atoms with Crippen LogP contribution >= 0.6 is 11.8 Å². The van der Waals surface area contributed by atoms with Gasteiger partial charge in [0.2, 0.25) is 0 Å². The molecule has 1 heterocycles. The number of hydrogen-bond donors (Lipinski definition) is 0. The average Bonchev–Trinajstić information content (AvgIpc) is 2.84. The molecule has 22 heavy (non-hydrogen) atoms. The second-order valence-electron chi connectivity index (χ2n) is 4.42. The van der Waals surface area contributed by atoms with Crippen LogP contribution < -0.4 is 0 Å². The number of benzene rings is 1. The molecule has 0 aliphatic carbocycles. The molecule has 0 spiro atoms. The van der Waals surface area contributed by atoms with Gasteiger partial charge in [0.1, 0.15) is 17.8 Å². The first kappa shape index (κ1) is 15.7. The number of hydrogen-bond acceptors (Lipinski definition) is 5. The van der Waals surface area contributed by atoms with Crippen LogP contribution in [0.2, 0.25) is 0 Å². The maximum absolute atomic E-state index is 11.9. The maximum atomic E-state index is 11.9. The van der Waals surface area contributed by atoms with Crippen LogP contribution in [0.25, 0.3) is 15.8 Å². The summed E-state index contributed by atoms with van der Waals surface area (Å²) in [6.45, 7) is 0. The number of fused-ring (bicyclic) bond motifs is 1. The second-order valence-corrected chi connectivity index (χ2v) is 5.24. The highest BCUT2D eigenvalue weighted by molar-refractivity contribution is 8.07. The Morgan fingerprint density at radius 3 is 2.55 bits per heavy atom. The standard InChI is InChI=1S/C16H13N3O2S/c1-19-12-7-5-4-6-10(12)14(13(19)9-18)15(22-3)11(8-17)16(20)21-2/h4-7H,1-3H3/b15-11-. The molecule has 0 unspecified atom stereocenters. The molecule has 2 rings (SSSR count). The first-order valence-corrected chi connectivity index (χ1v) is 7.57. The predicted molar refractivity (Wildman–Crippen MR) is 85.7 cm³/mol. The molecule has 0 fully saturated rings. The van der Waals surface area contributed by atoms with Crippen LogP contribution in [0, 0.1) is 22.7 Å². The number of ether oxygens (including phenoxy) is 1. The number of aryl methyl sites for hydroxylation is 1. The lowest BCUT2D eigenvalue weighted by Crippen LogP contribution is -2.05. The van der Waals surface area contributed by atoms with Crippen LogP contribution in [0.1, 0.15) is 11.3 Å². The molecule has 0 bridgehead atoms. The lowest BCUT2D eigenvalue weighted by Gasteiger charge is -2.07. The van der Waals surface area contributed by atoms with E-state index in [1.807, 2.05) is 30.3 Å². The number of thioether (sulfide) groups is 1. The Hall–Kier alpha value is -2.70. The fourth-order valence-corrected chi connectivity index (χ4v) is 3.12. The number of nitrogens with zero attached hydrogens (tertiary/aromatic N) is 3. The highest BCUT2D eigenvalue weighted by atomic mass is 32.2. The molecule has 2 aromatic rings. The molecule has 0 amide bonds. The smallest absolute Gasteiger partial charge is 0.349 e. The molecule has 5 nitrogen and oxygen atoms in total. The molecule has 1 aromatic carbocycles. The van der Waals surface area contributed by atoms with Gasteiger partial charge in [-0.15, -0.1) is 11.8 Å². The van der Waals surface area contributed by atoms with Crippen LogP contribution in [0.15, 0.2) is 29.8 Å². The van der Waals surface area contributed by atoms with Crippen molar-refractivity contribution in [3.8, 4) is 12.1 Å². The third-order valence-corrected chi connectivity index (χ3v) is 4.19. The van der Waals surface area contributed by atoms with Crippen molar-refractivity contribution >= 4 is 33.5 Å². The Morgan fingerprint density at radius 1 is 1.32 bits per heavy atom. The molecule has 1 aromatic heterocycles. The van der Waals surface area contributed by atoms with Crippen LogP contribution in [-0.4, -0.2) is 23.9 Å². The van der Waals surface area contributed by atoms with Crippen molar-refractivity contribution in [2.24, 2.45) is 7.05 Å². The number of nitriles is 2. The monoisotopic (exact) mass is 311 g/mol. The largest absolute Gasteiger partial charge is 0.465 e. The van der Waals surface area contributed by atoms with E-state index in [2.05, 4.69) is 10.8 Å². The molecule has 0 radical (unpaired) electrons. The summed E-state index contributed by atoms with van der Waals surface area (Å²) in [7, 11) is 3.01. The molecular formula is C16H13N3O2S. The summed E-state index contributed by atoms with van der Waals surface area (Å²) in [5, 5.41) is 19.6. The average molecular weight is 311 g/mol. The Balaban J connectivity index is 2.95. The normalized spacial score (nSPS) is 11.5. The summed E-state index contributed by atoms with van der Waals surface area (Å²) in [6, 6.07) is 11.5. The van der Waals surface area contributed by atoms with Crippen molar-refractivity contribution in [1.82, 2.24) is 4.57 Å². The summed E-state index contributed by atoms with van der Waals surface area (Å²) in [5.41, 5.74) is 1.77. The summed E-state index contributed by atoms with van der Waals surface area (Å²) >= 11 is 1.25. The van der Waals surface area contributed by atoms with Gasteiger partial charge in [-0.25, -0.2) is 4.79 Å². The molecule has 110 valence electrons. The topological polar surface area (TPSA) is 78.8 Å². The lowest BCUT2D eigenvalue weighted by molar-refractivity contribution is -0.135. The molecule has 0 N–H and O–H groups in total. The van der Waals surface area contributed by atoms with Gasteiger partial charge < -0.3 is 9.30 Å². The second kappa shape index (κ2) is 6.38. The van der Waals surface area contributed by atoms with Crippen LogP contribution in [0.3, 0.4) is 0 Å². The number of para-hydroxylation sites is 1. The molecule has 0 aliphatic rings. The number of rotatable bonds is 3. The van der Waals surface area contributed by atoms with Gasteiger partial charge in [0.15, 0.2) is 5.57 Å². The highest BCUT2D eigenvalue weighted by Crippen LogP contribution is 2.38. The number of esters is 1. The SMILES string of the molecule is COC(=O)/C(C#N)=C(\SC)c1c(C#N)n(C)c2ccccc12. The minimum atomic E-state index is -0.705. The van der Waals surface area contributed by atoms with Gasteiger partial charge in [0.25, 0.3) is 0 Å². The number of carbonyl (C=O) groups excluding carboxylic acids is 1. The van der Waals surface area contributed by atoms with Crippen molar-refractivity contribution in [1.29, 1.82) is 10.5 Å². The Morgan fingerprint density at radius 2 is 2.00 bits per heavy atom. The molecule has 0 atom stereocenters. The van der Waals surface area contributed by atoms with E-state index in [1.54, 1.807) is 17.9 Å². The summed E-state index contributed by atoms with van der Waals surface area (Å²) in [6.07, 6.45) is 1.76. The van der Waals surface area contributed by atoms with Gasteiger partial charge in [-0.3, -0.25) is 0 Å². The summed E-state index contributed by atoms with van der Waals surface area (Å²) in [5.74, 6) is -0.705. The van der Waals surface area contributed by atoms with E-state index in [1.165, 1.54) is 18.9 Å². The van der Waals surface area contributed by atoms with E-state index in [0.717, 1.165) is 10.9 Å². The van der Waals surface area contributed by atoms with Gasteiger partial charge in [-0.1, -0.05) is 18.2 Å². The van der Waals surface area contributed by atoms with Crippen molar-refractivity contribution in [3.05, 3.63) is 41.1 Å². The minimum absolute atomic E-state index is 0.0946. The van der Waals surface area contributed by atoms with E-state index in [4.69, 9.17) is 0 Å². The van der Waals surface area contributed by atoms with Crippen molar-refractivity contribution in [2.45, 2.75) is 0 Å². The Kier molecular flexibility index (Phi) is 4.55. The van der Waals surface area contributed by atoms with E-state index < -0.39 is 5.97 Å². The zero-order valence-corrected chi connectivity index (χ0v) is 13.2. The summed E-state index contributed by atoms with van der Waals surface area (Å²) in [4.78, 5) is 12.3. The van der Waals surface area contributed by atoms with Crippen LogP contribution in [0.4, 0.5) is 0 Å². The summed E-state index contributed by atoms with van der Waals surface area (Å²) < 4.78 is 6.43. The van der Waals surface area contributed by atoms with Crippen molar-refractivity contribution in [2.75, 3.05) is 13.4 Å². The van der Waals surface area contributed by atoms with Gasteiger partial charge in [-0.05, 0) is 12.3 Å². The zero-order valence-electron chi connectivity index (χ0n) is 12.4. The first-order chi connectivity index (χ1) is 10.6. The maximum Gasteiger partial charge on any atom is 0.349 e. The number of aromatic nitrogens is 1.